The minimum atomic E-state index is -3.18. The van der Waals surface area contributed by atoms with Crippen molar-refractivity contribution in [2.75, 3.05) is 24.2 Å². The molecule has 0 aliphatic carbocycles. The number of rotatable bonds is 7. The summed E-state index contributed by atoms with van der Waals surface area (Å²) in [4.78, 5) is 9.09. The van der Waals surface area contributed by atoms with Gasteiger partial charge in [0, 0.05) is 56.3 Å². The molecule has 1 aliphatic rings. The van der Waals surface area contributed by atoms with Gasteiger partial charge in [-0.15, -0.1) is 0 Å². The SMILES string of the molecule is CCS(=O)(=O)N1CCC[C@H](Nc2nc3ccc(Oc4ccnc(-c5cnn(C)c5)c4)cc3s2)C1. The number of aryl methyl sites for hydroxylation is 1. The summed E-state index contributed by atoms with van der Waals surface area (Å²) in [5, 5.41) is 8.42. The first kappa shape index (κ1) is 22.8. The van der Waals surface area contributed by atoms with Crippen molar-refractivity contribution in [3.63, 3.8) is 0 Å². The fourth-order valence-corrected chi connectivity index (χ4v) is 6.17. The number of nitrogens with one attached hydrogen (secondary N) is 1. The summed E-state index contributed by atoms with van der Waals surface area (Å²) >= 11 is 1.54. The summed E-state index contributed by atoms with van der Waals surface area (Å²) in [6.45, 7) is 2.75. The second-order valence-corrected chi connectivity index (χ2v) is 11.6. The fraction of sp³-hybridized carbons (Fsp3) is 0.348. The number of hydrogen-bond acceptors (Lipinski definition) is 8. The topological polar surface area (TPSA) is 102 Å². The highest BCUT2D eigenvalue weighted by molar-refractivity contribution is 7.89. The number of pyridine rings is 1. The van der Waals surface area contributed by atoms with Crippen molar-refractivity contribution < 1.29 is 13.2 Å². The molecule has 178 valence electrons. The van der Waals surface area contributed by atoms with Crippen LogP contribution in [0.4, 0.5) is 5.13 Å². The molecule has 1 N–H and O–H groups in total. The lowest BCUT2D eigenvalue weighted by Crippen LogP contribution is -2.45. The summed E-state index contributed by atoms with van der Waals surface area (Å²) in [6.07, 6.45) is 7.16. The van der Waals surface area contributed by atoms with Crippen LogP contribution in [0.1, 0.15) is 19.8 Å². The number of fused-ring (bicyclic) bond motifs is 1. The Balaban J connectivity index is 1.30. The Labute approximate surface area is 202 Å². The molecule has 0 spiro atoms. The molecule has 0 radical (unpaired) electrons. The van der Waals surface area contributed by atoms with Crippen molar-refractivity contribution >= 4 is 36.7 Å². The zero-order valence-electron chi connectivity index (χ0n) is 19.0. The van der Waals surface area contributed by atoms with Gasteiger partial charge in [-0.25, -0.2) is 13.4 Å². The number of piperidine rings is 1. The molecule has 1 aromatic carbocycles. The van der Waals surface area contributed by atoms with Crippen molar-refractivity contribution in [1.29, 1.82) is 0 Å². The third-order valence-electron chi connectivity index (χ3n) is 5.80. The molecular weight excluding hydrogens is 472 g/mol. The van der Waals surface area contributed by atoms with Crippen LogP contribution in [-0.4, -0.2) is 57.4 Å². The van der Waals surface area contributed by atoms with Gasteiger partial charge < -0.3 is 10.1 Å². The van der Waals surface area contributed by atoms with Crippen molar-refractivity contribution in [3.05, 3.63) is 48.9 Å². The number of nitrogens with zero attached hydrogens (tertiary/aromatic N) is 5. The number of sulfonamides is 1. The van der Waals surface area contributed by atoms with E-state index in [-0.39, 0.29) is 11.8 Å². The molecule has 1 atom stereocenters. The Morgan fingerprint density at radius 3 is 2.88 bits per heavy atom. The molecule has 1 fully saturated rings. The number of thiazole rings is 1. The van der Waals surface area contributed by atoms with Crippen LogP contribution >= 0.6 is 11.3 Å². The first-order valence-corrected chi connectivity index (χ1v) is 13.6. The Morgan fingerprint density at radius 1 is 1.24 bits per heavy atom. The number of hydrogen-bond donors (Lipinski definition) is 1. The second kappa shape index (κ2) is 9.32. The first-order chi connectivity index (χ1) is 16.4. The molecule has 11 heteroatoms. The van der Waals surface area contributed by atoms with Crippen molar-refractivity contribution in [2.24, 2.45) is 7.05 Å². The smallest absolute Gasteiger partial charge is 0.213 e. The van der Waals surface area contributed by atoms with Gasteiger partial charge in [0.15, 0.2) is 5.13 Å². The van der Waals surface area contributed by atoms with Gasteiger partial charge in [0.2, 0.25) is 10.0 Å². The van der Waals surface area contributed by atoms with E-state index in [1.54, 1.807) is 28.3 Å². The molecular formula is C23H26N6O3S2. The van der Waals surface area contributed by atoms with E-state index < -0.39 is 10.0 Å². The average molecular weight is 499 g/mol. The summed E-state index contributed by atoms with van der Waals surface area (Å²) in [5.74, 6) is 1.53. The fourth-order valence-electron chi connectivity index (χ4n) is 4.02. The van der Waals surface area contributed by atoms with Crippen LogP contribution in [0.25, 0.3) is 21.5 Å². The second-order valence-electron chi connectivity index (χ2n) is 8.27. The maximum atomic E-state index is 12.2. The summed E-state index contributed by atoms with van der Waals surface area (Å²) in [7, 11) is -1.31. The third-order valence-corrected chi connectivity index (χ3v) is 8.59. The number of aromatic nitrogens is 4. The van der Waals surface area contributed by atoms with Gasteiger partial charge in [-0.05, 0) is 38.0 Å². The Morgan fingerprint density at radius 2 is 2.09 bits per heavy atom. The molecule has 1 aliphatic heterocycles. The number of ether oxygens (including phenoxy) is 1. The van der Waals surface area contributed by atoms with E-state index >= 15 is 0 Å². The highest BCUT2D eigenvalue weighted by Gasteiger charge is 2.28. The monoisotopic (exact) mass is 498 g/mol. The van der Waals surface area contributed by atoms with E-state index in [2.05, 4.69) is 20.4 Å². The number of benzene rings is 1. The van der Waals surface area contributed by atoms with E-state index in [9.17, 15) is 8.42 Å². The molecule has 5 rings (SSSR count). The molecule has 3 aromatic heterocycles. The largest absolute Gasteiger partial charge is 0.457 e. The third kappa shape index (κ3) is 4.91. The van der Waals surface area contributed by atoms with Crippen LogP contribution < -0.4 is 10.1 Å². The Kier molecular flexibility index (Phi) is 6.24. The lowest BCUT2D eigenvalue weighted by atomic mass is 10.1. The zero-order chi connectivity index (χ0) is 23.7. The average Bonchev–Trinajstić information content (AvgIpc) is 3.44. The maximum absolute atomic E-state index is 12.2. The molecule has 0 amide bonds. The standard InChI is InChI=1S/C23H26N6O3S2/c1-3-34(30,31)29-10-4-5-17(15-29)26-23-27-20-7-6-18(12-22(20)33-23)32-19-8-9-24-21(11-19)16-13-25-28(2)14-16/h6-9,11-14,17H,3-5,10,15H2,1-2H3,(H,26,27)/t17-/m0/s1. The van der Waals surface area contributed by atoms with E-state index in [0.717, 1.165) is 39.4 Å². The lowest BCUT2D eigenvalue weighted by molar-refractivity contribution is 0.327. The minimum Gasteiger partial charge on any atom is -0.457 e. The summed E-state index contributed by atoms with van der Waals surface area (Å²) in [5.41, 5.74) is 2.59. The predicted molar refractivity (Wildman–Crippen MR) is 134 cm³/mol. The molecule has 4 heterocycles. The number of anilines is 1. The predicted octanol–water partition coefficient (Wildman–Crippen LogP) is 4.11. The van der Waals surface area contributed by atoms with Crippen LogP contribution in [0.2, 0.25) is 0 Å². The zero-order valence-corrected chi connectivity index (χ0v) is 20.6. The van der Waals surface area contributed by atoms with Gasteiger partial charge in [0.05, 0.1) is 27.9 Å². The Bertz CT molecular complexity index is 1420. The molecule has 0 unspecified atom stereocenters. The van der Waals surface area contributed by atoms with Crippen molar-refractivity contribution in [3.8, 4) is 22.8 Å². The van der Waals surface area contributed by atoms with Gasteiger partial charge in [-0.1, -0.05) is 11.3 Å². The van der Waals surface area contributed by atoms with E-state index in [1.165, 1.54) is 11.3 Å². The van der Waals surface area contributed by atoms with Crippen molar-refractivity contribution in [2.45, 2.75) is 25.8 Å². The molecule has 0 saturated carbocycles. The Hall–Kier alpha value is -3.02. The van der Waals surface area contributed by atoms with Crippen molar-refractivity contribution in [1.82, 2.24) is 24.1 Å². The van der Waals surface area contributed by atoms with Gasteiger partial charge >= 0.3 is 0 Å². The highest BCUT2D eigenvalue weighted by atomic mass is 32.2. The van der Waals surface area contributed by atoms with Crippen LogP contribution in [0.5, 0.6) is 11.5 Å². The highest BCUT2D eigenvalue weighted by Crippen LogP contribution is 2.33. The van der Waals surface area contributed by atoms with Crippen LogP contribution in [0.15, 0.2) is 48.9 Å². The van der Waals surface area contributed by atoms with Crippen LogP contribution in [0, 0.1) is 0 Å². The lowest BCUT2D eigenvalue weighted by Gasteiger charge is -2.31. The van der Waals surface area contributed by atoms with Gasteiger partial charge in [0.25, 0.3) is 0 Å². The maximum Gasteiger partial charge on any atom is 0.213 e. The normalized spacial score (nSPS) is 17.2. The molecule has 1 saturated heterocycles. The van der Waals surface area contributed by atoms with Crippen LogP contribution in [-0.2, 0) is 17.1 Å². The first-order valence-electron chi connectivity index (χ1n) is 11.2. The van der Waals surface area contributed by atoms with Crippen LogP contribution in [0.3, 0.4) is 0 Å². The molecule has 34 heavy (non-hydrogen) atoms. The van der Waals surface area contributed by atoms with E-state index in [0.29, 0.717) is 24.6 Å². The molecule has 0 bridgehead atoms. The minimum absolute atomic E-state index is 0.0501. The van der Waals surface area contributed by atoms with Gasteiger partial charge in [-0.3, -0.25) is 9.67 Å². The summed E-state index contributed by atoms with van der Waals surface area (Å²) in [6, 6.07) is 9.56. The van der Waals surface area contributed by atoms with E-state index in [1.807, 2.05) is 43.6 Å². The molecule has 9 nitrogen and oxygen atoms in total. The van der Waals surface area contributed by atoms with Gasteiger partial charge in [-0.2, -0.15) is 9.40 Å². The van der Waals surface area contributed by atoms with Gasteiger partial charge in [0.1, 0.15) is 11.5 Å². The molecule has 4 aromatic rings. The van der Waals surface area contributed by atoms with E-state index in [4.69, 9.17) is 4.74 Å². The quantitative estimate of drug-likeness (QED) is 0.409. The summed E-state index contributed by atoms with van der Waals surface area (Å²) < 4.78 is 34.9.